The number of phosphoric acid groups is 2. The molecule has 0 aromatic carbocycles. The highest BCUT2D eigenvalue weighted by Crippen LogP contribution is 2.61. The molecule has 21 nitrogen and oxygen atoms in total. The lowest BCUT2D eigenvalue weighted by Gasteiger charge is -2.39. The molecular weight excluding hydrogens is 580 g/mol. The van der Waals surface area contributed by atoms with Crippen LogP contribution >= 0.6 is 15.6 Å². The molecule has 4 rings (SSSR count). The smallest absolute Gasteiger partial charge is 0.394 e. The fourth-order valence-corrected chi connectivity index (χ4v) is 6.01. The Morgan fingerprint density at radius 1 is 1.00 bits per heavy atom. The van der Waals surface area contributed by atoms with Gasteiger partial charge in [0.25, 0.3) is 5.56 Å². The number of nitrogens with one attached hydrogen (secondary N) is 1. The first-order valence-electron chi connectivity index (χ1n) is 10.9. The van der Waals surface area contributed by atoms with E-state index in [1.807, 2.05) is 0 Å². The molecule has 2 fully saturated rings. The Balaban J connectivity index is 1.39. The van der Waals surface area contributed by atoms with E-state index >= 15 is 0 Å². The van der Waals surface area contributed by atoms with E-state index in [1.165, 1.54) is 0 Å². The van der Waals surface area contributed by atoms with Gasteiger partial charge in [0, 0.05) is 0 Å². The molecule has 0 saturated carbocycles. The SMILES string of the molecule is Nc1nc2c(ncn2C2O[C@H](COP(=O)(O)OP(=O)(O)O[C@H]3O[C@@H](CO)[C@@H](O)[C@H](O)[C@@H]3O)[C@@H](O)[C@H]2O)c(=O)[nH]1. The van der Waals surface area contributed by atoms with E-state index in [0.717, 1.165) is 10.9 Å². The summed E-state index contributed by atoms with van der Waals surface area (Å²) >= 11 is 0. The molecule has 2 aliphatic heterocycles. The largest absolute Gasteiger partial charge is 0.483 e. The number of fused-ring (bicyclic) bond motifs is 1. The molecule has 2 aromatic rings. The van der Waals surface area contributed by atoms with Crippen LogP contribution in [0.4, 0.5) is 5.95 Å². The molecule has 220 valence electrons. The van der Waals surface area contributed by atoms with Crippen molar-refractivity contribution < 1.29 is 72.4 Å². The van der Waals surface area contributed by atoms with Gasteiger partial charge >= 0.3 is 15.6 Å². The van der Waals surface area contributed by atoms with Crippen molar-refractivity contribution in [2.75, 3.05) is 18.9 Å². The van der Waals surface area contributed by atoms with Crippen molar-refractivity contribution in [2.24, 2.45) is 0 Å². The highest BCUT2D eigenvalue weighted by atomic mass is 31.3. The van der Waals surface area contributed by atoms with Crippen molar-refractivity contribution in [3.63, 3.8) is 0 Å². The molecule has 3 unspecified atom stereocenters. The second-order valence-electron chi connectivity index (χ2n) is 8.44. The molecule has 0 spiro atoms. The Morgan fingerprint density at radius 2 is 1.67 bits per heavy atom. The number of aliphatic hydroxyl groups is 6. The van der Waals surface area contributed by atoms with Gasteiger partial charge in [-0.3, -0.25) is 23.4 Å². The number of aromatic nitrogens is 4. The van der Waals surface area contributed by atoms with E-state index < -0.39 is 89.7 Å². The number of nitrogen functional groups attached to an aromatic ring is 1. The fourth-order valence-electron chi connectivity index (χ4n) is 3.85. The van der Waals surface area contributed by atoms with Crippen LogP contribution in [0.5, 0.6) is 0 Å². The Bertz CT molecular complexity index is 1340. The minimum atomic E-state index is -5.60. The van der Waals surface area contributed by atoms with Gasteiger partial charge in [0.2, 0.25) is 5.95 Å². The number of ether oxygens (including phenoxy) is 2. The van der Waals surface area contributed by atoms with Crippen LogP contribution in [0.1, 0.15) is 6.23 Å². The summed E-state index contributed by atoms with van der Waals surface area (Å²) < 4.78 is 49.1. The Labute approximate surface area is 216 Å². The van der Waals surface area contributed by atoms with Gasteiger partial charge in [-0.05, 0) is 0 Å². The summed E-state index contributed by atoms with van der Waals surface area (Å²) in [4.78, 5) is 41.7. The first kappa shape index (κ1) is 30.1. The zero-order chi connectivity index (χ0) is 28.9. The van der Waals surface area contributed by atoms with E-state index in [1.54, 1.807) is 0 Å². The normalized spacial score (nSPS) is 36.6. The Hall–Kier alpha value is -1.91. The van der Waals surface area contributed by atoms with Crippen LogP contribution in [0.2, 0.25) is 0 Å². The number of imidazole rings is 1. The van der Waals surface area contributed by atoms with Crippen LogP contribution in [0.15, 0.2) is 11.1 Å². The molecule has 2 aromatic heterocycles. The summed E-state index contributed by atoms with van der Waals surface area (Å²) in [6, 6.07) is 0. The molecule has 11 N–H and O–H groups in total. The number of nitrogens with two attached hydrogens (primary N) is 1. The van der Waals surface area contributed by atoms with Crippen LogP contribution in [-0.2, 0) is 32.0 Å². The highest BCUT2D eigenvalue weighted by Gasteiger charge is 2.49. The number of rotatable bonds is 9. The van der Waals surface area contributed by atoms with Crippen molar-refractivity contribution >= 4 is 32.8 Å². The third-order valence-electron chi connectivity index (χ3n) is 5.76. The number of hydrogen-bond acceptors (Lipinski definition) is 17. The summed E-state index contributed by atoms with van der Waals surface area (Å²) in [6.45, 7) is -1.89. The highest BCUT2D eigenvalue weighted by molar-refractivity contribution is 7.61. The maximum atomic E-state index is 12.3. The van der Waals surface area contributed by atoms with Gasteiger partial charge in [-0.2, -0.15) is 9.29 Å². The van der Waals surface area contributed by atoms with E-state index in [4.69, 9.17) is 20.3 Å². The number of aliphatic hydroxyl groups excluding tert-OH is 6. The van der Waals surface area contributed by atoms with Crippen molar-refractivity contribution in [1.82, 2.24) is 19.5 Å². The summed E-state index contributed by atoms with van der Waals surface area (Å²) in [5.41, 5.74) is 4.54. The van der Waals surface area contributed by atoms with Crippen LogP contribution in [-0.4, -0.2) is 122 Å². The van der Waals surface area contributed by atoms with Crippen LogP contribution in [0.3, 0.4) is 0 Å². The molecule has 4 heterocycles. The summed E-state index contributed by atoms with van der Waals surface area (Å²) in [7, 11) is -11.1. The van der Waals surface area contributed by atoms with Crippen molar-refractivity contribution in [3.05, 3.63) is 16.7 Å². The number of hydrogen-bond donors (Lipinski definition) is 10. The zero-order valence-corrected chi connectivity index (χ0v) is 21.1. The molecule has 0 radical (unpaired) electrons. The number of anilines is 1. The Kier molecular flexibility index (Phi) is 8.60. The van der Waals surface area contributed by atoms with Gasteiger partial charge in [-0.15, -0.1) is 0 Å². The lowest BCUT2D eigenvalue weighted by molar-refractivity contribution is -0.280. The predicted molar refractivity (Wildman–Crippen MR) is 120 cm³/mol. The van der Waals surface area contributed by atoms with Crippen molar-refractivity contribution in [1.29, 1.82) is 0 Å². The molecule has 11 atom stereocenters. The first-order valence-corrected chi connectivity index (χ1v) is 13.9. The molecule has 39 heavy (non-hydrogen) atoms. The van der Waals surface area contributed by atoms with Gasteiger partial charge in [0.1, 0.15) is 42.7 Å². The lowest BCUT2D eigenvalue weighted by Crippen LogP contribution is -2.58. The monoisotopic (exact) mass is 605 g/mol. The van der Waals surface area contributed by atoms with Crippen LogP contribution in [0, 0.1) is 0 Å². The maximum absolute atomic E-state index is 12.3. The molecule has 0 bridgehead atoms. The summed E-state index contributed by atoms with van der Waals surface area (Å²) in [5.74, 6) is -0.278. The van der Waals surface area contributed by atoms with Crippen LogP contribution in [0.25, 0.3) is 11.2 Å². The van der Waals surface area contributed by atoms with Gasteiger partial charge in [0.15, 0.2) is 23.7 Å². The van der Waals surface area contributed by atoms with E-state index in [2.05, 4.69) is 28.3 Å². The third-order valence-corrected chi connectivity index (χ3v) is 8.36. The molecular formula is C16H25N5O16P2. The van der Waals surface area contributed by atoms with Crippen molar-refractivity contribution in [3.8, 4) is 0 Å². The molecule has 2 aliphatic rings. The topological polar surface area (TPSA) is 332 Å². The Morgan fingerprint density at radius 3 is 2.33 bits per heavy atom. The fraction of sp³-hybridized carbons (Fsp3) is 0.688. The second kappa shape index (κ2) is 11.2. The number of aromatic amines is 1. The average Bonchev–Trinajstić information content (AvgIpc) is 3.38. The van der Waals surface area contributed by atoms with Gasteiger partial charge in [0.05, 0.1) is 19.5 Å². The van der Waals surface area contributed by atoms with Gasteiger partial charge < -0.3 is 55.6 Å². The standard InChI is InChI=1S/C16H25N5O16P2/c17-16-19-12-6(13(28)20-16)18-3-21(12)14-10(26)8(24)5(34-14)2-33-38(29,30)37-39(31,32)36-15-11(27)9(25)7(23)4(1-22)35-15/h3-5,7-11,14-15,22-27H,1-2H2,(H,29,30)(H,31,32)(H3,17,19,20,28)/t4-,5+,7+,8+,9-,10+,11-,14?,15+/m0/s1. The molecule has 23 heteroatoms. The summed E-state index contributed by atoms with van der Waals surface area (Å²) in [5, 5.41) is 59.2. The quantitative estimate of drug-likeness (QED) is 0.120. The first-order chi connectivity index (χ1) is 18.1. The maximum Gasteiger partial charge on any atom is 0.483 e. The lowest BCUT2D eigenvalue weighted by atomic mass is 10.00. The minimum absolute atomic E-state index is 0.114. The number of phosphoric ester groups is 2. The van der Waals surface area contributed by atoms with E-state index in [0.29, 0.717) is 0 Å². The summed E-state index contributed by atoms with van der Waals surface area (Å²) in [6.07, 6.45) is -15.0. The predicted octanol–water partition coefficient (Wildman–Crippen LogP) is -4.63. The van der Waals surface area contributed by atoms with Crippen molar-refractivity contribution in [2.45, 2.75) is 55.2 Å². The number of H-pyrrole nitrogens is 1. The van der Waals surface area contributed by atoms with Gasteiger partial charge in [-0.1, -0.05) is 0 Å². The number of nitrogens with zero attached hydrogens (tertiary/aromatic N) is 3. The van der Waals surface area contributed by atoms with E-state index in [-0.39, 0.29) is 17.1 Å². The van der Waals surface area contributed by atoms with Gasteiger partial charge in [-0.25, -0.2) is 14.1 Å². The average molecular weight is 605 g/mol. The molecule has 2 saturated heterocycles. The zero-order valence-electron chi connectivity index (χ0n) is 19.3. The minimum Gasteiger partial charge on any atom is -0.394 e. The second-order valence-corrected chi connectivity index (χ2v) is 11.4. The molecule has 0 aliphatic carbocycles. The third kappa shape index (κ3) is 6.22. The van der Waals surface area contributed by atoms with Crippen LogP contribution < -0.4 is 11.3 Å². The van der Waals surface area contributed by atoms with E-state index in [9.17, 15) is 49.2 Å². The molecule has 0 amide bonds.